The van der Waals surface area contributed by atoms with Crippen molar-refractivity contribution in [1.29, 1.82) is 0 Å². The van der Waals surface area contributed by atoms with Gasteiger partial charge in [0.25, 0.3) is 0 Å². The van der Waals surface area contributed by atoms with E-state index in [0.29, 0.717) is 17.4 Å². The van der Waals surface area contributed by atoms with E-state index in [1.165, 1.54) is 55.1 Å². The van der Waals surface area contributed by atoms with Crippen LogP contribution in [0.2, 0.25) is 0 Å². The predicted octanol–water partition coefficient (Wildman–Crippen LogP) is -2.67. The number of amides is 9. The maximum absolute atomic E-state index is 14.5. The van der Waals surface area contributed by atoms with E-state index in [-0.39, 0.29) is 54.9 Å². The first-order valence-corrected chi connectivity index (χ1v) is 30.3. The van der Waals surface area contributed by atoms with Crippen LogP contribution in [0.5, 0.6) is 11.5 Å². The lowest BCUT2D eigenvalue weighted by atomic mass is 10.0. The van der Waals surface area contributed by atoms with Crippen molar-refractivity contribution in [3.8, 4) is 11.5 Å². The highest BCUT2D eigenvalue weighted by Gasteiger charge is 2.38. The standard InChI is InChI=1S/C51H70N10O21P2S/c1-28(27-62)55-42(65)26-54-46(69)38(24-32-11-15-34(16-12-32)82-84(78,79)80)59-47(70)36(18-20-43(66)67)57-51(74)44(29(2)81-83(75,76)77)61-48(71)37(21-22-85-3)56-49(72)40(23-30-7-5-4-6-8-30)60-50(73)39(25-31-9-13-33(63)14-10-31)58-45(68)35(52)17-19-41(53)64/h4-16,27-29,35-40,44,63H,17-26,52H2,1-3H3,(H2,53,64)(H,54,69)(H,55,65)(H,56,72)(H,57,74)(H,58,68)(H,59,70)(H,60,73)(H,61,71)(H,66,67)(H2,75,76,77)(H2,78,79,80)/t28-,29+,35-,36-,37-,38-,39-,40-,44-/m0/s1. The summed E-state index contributed by atoms with van der Waals surface area (Å²) < 4.78 is 32.9. The van der Waals surface area contributed by atoms with E-state index in [2.05, 4.69) is 47.1 Å². The molecule has 0 aliphatic rings. The highest BCUT2D eigenvalue weighted by Crippen LogP contribution is 2.38. The van der Waals surface area contributed by atoms with Crippen LogP contribution in [0.3, 0.4) is 0 Å². The first kappa shape index (κ1) is 71.5. The minimum absolute atomic E-state index is 0.109. The molecule has 0 aromatic heterocycles. The quantitative estimate of drug-likeness (QED) is 0.0207. The van der Waals surface area contributed by atoms with Gasteiger partial charge in [0.05, 0.1) is 24.7 Å². The zero-order valence-electron chi connectivity index (χ0n) is 46.1. The second-order valence-corrected chi connectivity index (χ2v) is 22.5. The van der Waals surface area contributed by atoms with Gasteiger partial charge in [-0.3, -0.25) is 62.3 Å². The third-order valence-corrected chi connectivity index (χ3v) is 13.8. The van der Waals surface area contributed by atoms with Gasteiger partial charge in [-0.05, 0) is 86.1 Å². The molecular formula is C51H70N10O21P2S. The second-order valence-electron chi connectivity index (χ2n) is 19.1. The van der Waals surface area contributed by atoms with Gasteiger partial charge in [-0.15, -0.1) is 0 Å². The number of rotatable bonds is 37. The SMILES string of the molecule is CSCC[C@H](NC(=O)[C@H](Cc1ccccc1)NC(=O)[C@H](Cc1ccc(O)cc1)NC(=O)[C@@H](N)CCC(N)=O)C(=O)N[C@H](C(=O)N[C@@H](CCC(=O)O)C(=O)N[C@@H](Cc1ccc(OP(=O)(O)O)cc1)C(=O)NCC(=O)N[C@@H](C)C=O)[C@@H](C)OP(=O)(O)O. The lowest BCUT2D eigenvalue weighted by Crippen LogP contribution is -2.62. The number of aliphatic carboxylic acids is 1. The Labute approximate surface area is 491 Å². The van der Waals surface area contributed by atoms with Crippen molar-refractivity contribution in [2.24, 2.45) is 11.5 Å². The third-order valence-electron chi connectivity index (χ3n) is 12.1. The van der Waals surface area contributed by atoms with Crippen LogP contribution >= 0.6 is 27.4 Å². The van der Waals surface area contributed by atoms with Crippen molar-refractivity contribution in [2.45, 2.75) is 120 Å². The Morgan fingerprint density at radius 2 is 1.06 bits per heavy atom. The molecule has 0 spiro atoms. The summed E-state index contributed by atoms with van der Waals surface area (Å²) in [6.07, 6.45) is -3.06. The lowest BCUT2D eigenvalue weighted by Gasteiger charge is -2.30. The van der Waals surface area contributed by atoms with E-state index in [0.717, 1.165) is 19.1 Å². The molecule has 31 nitrogen and oxygen atoms in total. The van der Waals surface area contributed by atoms with Crippen LogP contribution in [0.4, 0.5) is 0 Å². The molecule has 0 aliphatic heterocycles. The van der Waals surface area contributed by atoms with Gasteiger partial charge in [-0.25, -0.2) is 9.13 Å². The van der Waals surface area contributed by atoms with E-state index < -0.39 is 155 Å². The summed E-state index contributed by atoms with van der Waals surface area (Å²) in [7, 11) is -10.5. The summed E-state index contributed by atoms with van der Waals surface area (Å²) in [5.41, 5.74) is 12.4. The fourth-order valence-corrected chi connectivity index (χ4v) is 9.21. The van der Waals surface area contributed by atoms with Gasteiger partial charge in [0.2, 0.25) is 53.2 Å². The van der Waals surface area contributed by atoms with E-state index >= 15 is 0 Å². The Morgan fingerprint density at radius 1 is 0.588 bits per heavy atom. The van der Waals surface area contributed by atoms with E-state index in [1.807, 2.05) is 0 Å². The number of carbonyl (C=O) groups is 11. The van der Waals surface area contributed by atoms with E-state index in [9.17, 15) is 91.7 Å². The maximum atomic E-state index is 14.5. The number of carboxylic acid groups (broad SMARTS) is 1. The average molecular weight is 1250 g/mol. The number of primary amides is 1. The van der Waals surface area contributed by atoms with Crippen LogP contribution in [0.1, 0.15) is 62.6 Å². The number of carbonyl (C=O) groups excluding carboxylic acids is 10. The number of phenols is 1. The van der Waals surface area contributed by atoms with Gasteiger partial charge in [0.1, 0.15) is 54.0 Å². The predicted molar refractivity (Wildman–Crippen MR) is 302 cm³/mol. The fourth-order valence-electron chi connectivity index (χ4n) is 7.79. The molecule has 0 fully saturated rings. The molecule has 0 aliphatic carbocycles. The third kappa shape index (κ3) is 27.6. The van der Waals surface area contributed by atoms with Gasteiger partial charge < -0.3 is 83.3 Å². The number of benzene rings is 3. The summed E-state index contributed by atoms with van der Waals surface area (Å²) in [4.78, 5) is 184. The largest absolute Gasteiger partial charge is 0.524 e. The molecule has 34 heteroatoms. The van der Waals surface area contributed by atoms with Crippen molar-refractivity contribution in [1.82, 2.24) is 42.5 Å². The number of thioether (sulfide) groups is 1. The minimum Gasteiger partial charge on any atom is -0.508 e. The van der Waals surface area contributed by atoms with Crippen LogP contribution < -0.4 is 58.5 Å². The molecule has 0 unspecified atom stereocenters. The monoisotopic (exact) mass is 1250 g/mol. The number of carboxylic acids is 1. The zero-order chi connectivity index (χ0) is 63.6. The highest BCUT2D eigenvalue weighted by atomic mass is 32.2. The molecule has 9 atom stereocenters. The van der Waals surface area contributed by atoms with Crippen molar-refractivity contribution < 1.29 is 101 Å². The van der Waals surface area contributed by atoms with Crippen LogP contribution in [0.25, 0.3) is 0 Å². The van der Waals surface area contributed by atoms with Gasteiger partial charge in [0, 0.05) is 32.1 Å². The van der Waals surface area contributed by atoms with Crippen molar-refractivity contribution >= 4 is 92.8 Å². The summed E-state index contributed by atoms with van der Waals surface area (Å²) in [6.45, 7) is 1.54. The molecule has 0 saturated carbocycles. The minimum atomic E-state index is -5.52. The second kappa shape index (κ2) is 34.8. The normalized spacial score (nSPS) is 14.5. The molecule has 18 N–H and O–H groups in total. The Balaban J connectivity index is 2.02. The Hall–Kier alpha value is -7.80. The molecular weight excluding hydrogens is 1180 g/mol. The Bertz CT molecular complexity index is 2900. The molecule has 3 aromatic rings. The maximum Gasteiger partial charge on any atom is 0.524 e. The van der Waals surface area contributed by atoms with Gasteiger partial charge in [0.15, 0.2) is 0 Å². The molecule has 0 heterocycles. The smallest absolute Gasteiger partial charge is 0.508 e. The number of hydrogen-bond donors (Lipinski definition) is 16. The molecule has 9 amide bonds. The average Bonchev–Trinajstić information content (AvgIpc) is 3.60. The molecule has 3 aromatic carbocycles. The van der Waals surface area contributed by atoms with E-state index in [1.54, 1.807) is 36.6 Å². The van der Waals surface area contributed by atoms with Gasteiger partial charge in [-0.1, -0.05) is 54.6 Å². The number of hydrogen-bond acceptors (Lipinski definition) is 18. The lowest BCUT2D eigenvalue weighted by molar-refractivity contribution is -0.139. The first-order valence-electron chi connectivity index (χ1n) is 25.9. The molecule has 3 rings (SSSR count). The Morgan fingerprint density at radius 3 is 1.56 bits per heavy atom. The van der Waals surface area contributed by atoms with Crippen molar-refractivity contribution in [2.75, 3.05) is 18.6 Å². The highest BCUT2D eigenvalue weighted by molar-refractivity contribution is 7.98. The number of phosphoric acid groups is 2. The molecule has 85 heavy (non-hydrogen) atoms. The summed E-state index contributed by atoms with van der Waals surface area (Å²) in [6, 6.07) is 5.79. The van der Waals surface area contributed by atoms with Crippen molar-refractivity contribution in [3.05, 3.63) is 95.6 Å². The number of nitrogens with two attached hydrogens (primary N) is 2. The van der Waals surface area contributed by atoms with Crippen molar-refractivity contribution in [3.63, 3.8) is 0 Å². The fraction of sp³-hybridized carbons (Fsp3) is 0.431. The summed E-state index contributed by atoms with van der Waals surface area (Å²) in [5, 5.41) is 38.6. The van der Waals surface area contributed by atoms with Crippen LogP contribution in [-0.4, -0.2) is 168 Å². The number of nitrogens with one attached hydrogen (secondary N) is 8. The summed E-state index contributed by atoms with van der Waals surface area (Å²) >= 11 is 1.20. The molecule has 466 valence electrons. The topological polar surface area (TPSA) is 510 Å². The number of phenolic OH excluding ortho intramolecular Hbond substituents is 1. The van der Waals surface area contributed by atoms with Gasteiger partial charge >= 0.3 is 21.6 Å². The zero-order valence-corrected chi connectivity index (χ0v) is 48.7. The van der Waals surface area contributed by atoms with E-state index in [4.69, 9.17) is 16.0 Å². The Kier molecular flexibility index (Phi) is 29.3. The number of aromatic hydroxyl groups is 1. The van der Waals surface area contributed by atoms with Gasteiger partial charge in [-0.2, -0.15) is 11.8 Å². The summed E-state index contributed by atoms with van der Waals surface area (Å²) in [5.74, 6) is -11.1. The first-order chi connectivity index (χ1) is 39.9. The number of aldehydes is 1. The van der Waals surface area contributed by atoms with Crippen LogP contribution in [0.15, 0.2) is 78.9 Å². The van der Waals surface area contributed by atoms with Crippen LogP contribution in [-0.2, 0) is 85.7 Å². The molecule has 0 radical (unpaired) electrons. The molecule has 0 bridgehead atoms. The molecule has 0 saturated heterocycles. The van der Waals surface area contributed by atoms with Crippen LogP contribution in [0, 0.1) is 0 Å². The number of phosphoric ester groups is 2.